The van der Waals surface area contributed by atoms with Crippen molar-refractivity contribution in [3.05, 3.63) is 155 Å². The first-order valence-corrected chi connectivity index (χ1v) is 19.5. The SMILES string of the molecule is CC1=NC(c2ccccc2)=NC1=Nc1c(C)nn2c(-c3cccc(C)c3)nn(C)c12.Cc1nn2c(C(F)(F)F)nn(C)c2c1N=C1N=C(c2ccccc2)N=C1c1ccccc1. The lowest BCUT2D eigenvalue weighted by molar-refractivity contribution is -0.146. The highest BCUT2D eigenvalue weighted by Crippen LogP contribution is 2.34. The van der Waals surface area contributed by atoms with Gasteiger partial charge < -0.3 is 0 Å². The minimum absolute atomic E-state index is 0.123. The molecule has 0 amide bonds. The molecule has 0 radical (unpaired) electrons. The number of aromatic nitrogens is 8. The Hall–Kier alpha value is -7.95. The van der Waals surface area contributed by atoms with Crippen LogP contribution in [0.2, 0.25) is 0 Å². The molecule has 0 saturated heterocycles. The quantitative estimate of drug-likeness (QED) is 0.165. The summed E-state index contributed by atoms with van der Waals surface area (Å²) in [4.78, 5) is 28.0. The van der Waals surface area contributed by atoms with Gasteiger partial charge in [-0.1, -0.05) is 115 Å². The number of alkyl halides is 3. The number of benzene rings is 4. The van der Waals surface area contributed by atoms with E-state index in [0.717, 1.165) is 60.0 Å². The van der Waals surface area contributed by atoms with Crippen LogP contribution in [-0.4, -0.2) is 73.6 Å². The minimum Gasteiger partial charge on any atom is -0.247 e. The topological polar surface area (TPSA) is 144 Å². The molecule has 4 aromatic carbocycles. The first kappa shape index (κ1) is 39.5. The maximum atomic E-state index is 13.4. The van der Waals surface area contributed by atoms with Crippen molar-refractivity contribution in [3.63, 3.8) is 0 Å². The third kappa shape index (κ3) is 7.33. The van der Waals surface area contributed by atoms with Crippen molar-refractivity contribution in [1.82, 2.24) is 38.8 Å². The number of rotatable bonds is 6. The van der Waals surface area contributed by atoms with Crippen LogP contribution in [0, 0.1) is 20.8 Å². The maximum absolute atomic E-state index is 13.4. The van der Waals surface area contributed by atoms with Gasteiger partial charge in [-0.2, -0.15) is 37.5 Å². The van der Waals surface area contributed by atoms with Crippen molar-refractivity contribution in [2.24, 2.45) is 44.0 Å². The molecule has 0 saturated carbocycles. The van der Waals surface area contributed by atoms with Crippen LogP contribution in [0.1, 0.15) is 46.4 Å². The summed E-state index contributed by atoms with van der Waals surface area (Å²) in [5.74, 6) is 1.73. The molecule has 14 nitrogen and oxygen atoms in total. The summed E-state index contributed by atoms with van der Waals surface area (Å²) >= 11 is 0. The largest absolute Gasteiger partial charge is 0.453 e. The summed E-state index contributed by atoms with van der Waals surface area (Å²) in [6.07, 6.45) is -4.65. The van der Waals surface area contributed by atoms with E-state index in [1.807, 2.05) is 133 Å². The predicted molar refractivity (Wildman–Crippen MR) is 235 cm³/mol. The lowest BCUT2D eigenvalue weighted by Gasteiger charge is -2.01. The number of aryl methyl sites for hydroxylation is 5. The van der Waals surface area contributed by atoms with Gasteiger partial charge in [0.05, 0.1) is 17.1 Å². The Morgan fingerprint density at radius 1 is 0.500 bits per heavy atom. The van der Waals surface area contributed by atoms with Crippen LogP contribution in [0.3, 0.4) is 0 Å². The third-order valence-corrected chi connectivity index (χ3v) is 10.0. The van der Waals surface area contributed by atoms with Crippen LogP contribution in [0.25, 0.3) is 22.7 Å². The molecule has 0 spiro atoms. The first-order chi connectivity index (χ1) is 29.8. The van der Waals surface area contributed by atoms with Gasteiger partial charge in [0.25, 0.3) is 5.82 Å². The van der Waals surface area contributed by atoms with Gasteiger partial charge in [-0.3, -0.25) is 0 Å². The highest BCUT2D eigenvalue weighted by atomic mass is 19.4. The molecule has 0 atom stereocenters. The summed E-state index contributed by atoms with van der Waals surface area (Å²) in [5.41, 5.74) is 9.19. The number of hydrogen-bond acceptors (Lipinski definition) is 8. The molecule has 17 heteroatoms. The monoisotopic (exact) mass is 830 g/mol. The number of nitrogens with zero attached hydrogens (tertiary/aromatic N) is 14. The van der Waals surface area contributed by atoms with E-state index < -0.39 is 12.0 Å². The molecule has 0 aliphatic carbocycles. The van der Waals surface area contributed by atoms with Gasteiger partial charge in [-0.25, -0.2) is 39.3 Å². The molecular formula is C45H37F3N14. The molecule has 0 unspecified atom stereocenters. The van der Waals surface area contributed by atoms with Crippen LogP contribution in [0.4, 0.5) is 24.5 Å². The molecule has 4 aromatic heterocycles. The Balaban J connectivity index is 0.000000158. The summed E-state index contributed by atoms with van der Waals surface area (Å²) < 4.78 is 45.7. The number of hydrogen-bond donors (Lipinski definition) is 0. The van der Waals surface area contributed by atoms with Crippen LogP contribution in [-0.2, 0) is 20.3 Å². The summed E-state index contributed by atoms with van der Waals surface area (Å²) in [6, 6.07) is 37.0. The molecule has 62 heavy (non-hydrogen) atoms. The lowest BCUT2D eigenvalue weighted by Crippen LogP contribution is -2.11. The van der Waals surface area contributed by atoms with Gasteiger partial charge in [0.15, 0.2) is 40.5 Å². The molecule has 2 aliphatic heterocycles. The number of fused-ring (bicyclic) bond motifs is 2. The second-order valence-electron chi connectivity index (χ2n) is 14.6. The van der Waals surface area contributed by atoms with Crippen LogP contribution in [0.15, 0.2) is 145 Å². The van der Waals surface area contributed by atoms with Crippen LogP contribution in [0.5, 0.6) is 0 Å². The van der Waals surface area contributed by atoms with Crippen LogP contribution < -0.4 is 0 Å². The van der Waals surface area contributed by atoms with E-state index in [2.05, 4.69) is 54.2 Å². The van der Waals surface area contributed by atoms with E-state index in [4.69, 9.17) is 15.2 Å². The van der Waals surface area contributed by atoms with E-state index in [1.54, 1.807) is 6.92 Å². The van der Waals surface area contributed by atoms with E-state index in [-0.39, 0.29) is 11.3 Å². The molecule has 6 heterocycles. The van der Waals surface area contributed by atoms with E-state index in [0.29, 0.717) is 34.7 Å². The second-order valence-corrected chi connectivity index (χ2v) is 14.6. The Morgan fingerprint density at radius 3 is 1.60 bits per heavy atom. The Labute approximate surface area is 352 Å². The van der Waals surface area contributed by atoms with Crippen molar-refractivity contribution < 1.29 is 13.2 Å². The Morgan fingerprint density at radius 2 is 1.00 bits per heavy atom. The van der Waals surface area contributed by atoms with Crippen molar-refractivity contribution >= 4 is 57.4 Å². The minimum atomic E-state index is -4.65. The van der Waals surface area contributed by atoms with Gasteiger partial charge in [-0.05, 0) is 33.8 Å². The number of aliphatic imine (C=N–C) groups is 6. The highest BCUT2D eigenvalue weighted by Gasteiger charge is 2.39. The molecule has 10 rings (SSSR count). The highest BCUT2D eigenvalue weighted by molar-refractivity contribution is 6.54. The fourth-order valence-electron chi connectivity index (χ4n) is 7.12. The molecule has 2 aliphatic rings. The molecule has 308 valence electrons. The number of amidine groups is 4. The Bertz CT molecular complexity index is 3210. The standard InChI is InChI=1S/C23H21N7.C22H16F3N7/c1-14-9-8-12-18(13-14)22-28-29(4)23-19(15(2)27-30(22)23)25-20-16(3)24-21(26-20)17-10-6-5-7-11-17;1-13-16(20-31(2)30-21(22(23,24)25)32(20)29-13)26-19-17(14-9-5-3-6-10-14)27-18(28-19)15-11-7-4-8-12-15/h5-13H,1-4H3;3-12H,1-2H3. The summed E-state index contributed by atoms with van der Waals surface area (Å²) in [6.45, 7) is 7.55. The second kappa shape index (κ2) is 15.6. The predicted octanol–water partition coefficient (Wildman–Crippen LogP) is 8.68. The van der Waals surface area contributed by atoms with Crippen molar-refractivity contribution in [1.29, 1.82) is 0 Å². The third-order valence-electron chi connectivity index (χ3n) is 10.0. The van der Waals surface area contributed by atoms with E-state index in [9.17, 15) is 13.2 Å². The zero-order valence-corrected chi connectivity index (χ0v) is 34.4. The average molecular weight is 831 g/mol. The molecule has 8 aromatic rings. The summed E-state index contributed by atoms with van der Waals surface area (Å²) in [5, 5.41) is 17.1. The van der Waals surface area contributed by atoms with Gasteiger partial charge in [0.2, 0.25) is 0 Å². The fourth-order valence-corrected chi connectivity index (χ4v) is 7.12. The molecule has 0 bridgehead atoms. The smallest absolute Gasteiger partial charge is 0.247 e. The van der Waals surface area contributed by atoms with Gasteiger partial charge in [0, 0.05) is 36.3 Å². The van der Waals surface area contributed by atoms with Gasteiger partial charge in [-0.15, -0.1) is 5.10 Å². The van der Waals surface area contributed by atoms with Gasteiger partial charge in [0.1, 0.15) is 17.1 Å². The lowest BCUT2D eigenvalue weighted by atomic mass is 10.1. The fraction of sp³-hybridized carbons (Fsp3) is 0.156. The normalized spacial score (nSPS) is 15.3. The molecule has 0 fully saturated rings. The van der Waals surface area contributed by atoms with E-state index in [1.165, 1.54) is 12.6 Å². The first-order valence-electron chi connectivity index (χ1n) is 19.5. The zero-order chi connectivity index (χ0) is 43.3. The van der Waals surface area contributed by atoms with Crippen molar-refractivity contribution in [2.75, 3.05) is 0 Å². The average Bonchev–Trinajstić information content (AvgIpc) is 4.11. The summed E-state index contributed by atoms with van der Waals surface area (Å²) in [7, 11) is 3.34. The number of halogens is 3. The maximum Gasteiger partial charge on any atom is 0.453 e. The van der Waals surface area contributed by atoms with Gasteiger partial charge >= 0.3 is 6.18 Å². The van der Waals surface area contributed by atoms with E-state index >= 15 is 0 Å². The van der Waals surface area contributed by atoms with Crippen molar-refractivity contribution in [2.45, 2.75) is 33.9 Å². The Kier molecular flexibility index (Phi) is 9.93. The molecular weight excluding hydrogens is 794 g/mol. The van der Waals surface area contributed by atoms with Crippen LogP contribution >= 0.6 is 0 Å². The molecule has 0 N–H and O–H groups in total. The van der Waals surface area contributed by atoms with Crippen molar-refractivity contribution in [3.8, 4) is 11.4 Å². The zero-order valence-electron chi connectivity index (χ0n) is 34.4.